The van der Waals surface area contributed by atoms with E-state index < -0.39 is 23.2 Å². The van der Waals surface area contributed by atoms with Crippen molar-refractivity contribution < 1.29 is 13.9 Å². The van der Waals surface area contributed by atoms with Crippen LogP contribution in [-0.2, 0) is 18.6 Å². The van der Waals surface area contributed by atoms with E-state index in [4.69, 9.17) is 23.2 Å². The first-order chi connectivity index (χ1) is 12.8. The van der Waals surface area contributed by atoms with Gasteiger partial charge in [0.25, 0.3) is 0 Å². The summed E-state index contributed by atoms with van der Waals surface area (Å²) in [4.78, 5) is 3.85. The Bertz CT molecular complexity index is 937. The zero-order valence-corrected chi connectivity index (χ0v) is 15.9. The molecule has 0 unspecified atom stereocenters. The van der Waals surface area contributed by atoms with Crippen molar-refractivity contribution in [2.24, 2.45) is 5.92 Å². The van der Waals surface area contributed by atoms with Gasteiger partial charge in [0.15, 0.2) is 0 Å². The van der Waals surface area contributed by atoms with E-state index in [1.165, 1.54) is 23.4 Å². The normalized spacial score (nSPS) is 14.7. The van der Waals surface area contributed by atoms with Gasteiger partial charge in [-0.1, -0.05) is 42.3 Å². The Morgan fingerprint density at radius 2 is 1.96 bits per heavy atom. The second kappa shape index (κ2) is 7.92. The minimum absolute atomic E-state index is 0.0167. The molecule has 4 nitrogen and oxygen atoms in total. The molecule has 0 aliphatic rings. The molecule has 0 saturated heterocycles. The number of aliphatic hydroxyl groups is 1. The Balaban J connectivity index is 2.00. The highest BCUT2D eigenvalue weighted by molar-refractivity contribution is 6.35. The van der Waals surface area contributed by atoms with Crippen LogP contribution in [0.1, 0.15) is 18.1 Å². The SMILES string of the molecule is C[C@@H](Cc1ccc(Cl)cc1Cl)[C@](O)(Cn1cncn1)c1ccc(F)cc1F. The van der Waals surface area contributed by atoms with Crippen LogP contribution in [0.15, 0.2) is 49.1 Å². The Kier molecular flexibility index (Phi) is 5.79. The first kappa shape index (κ1) is 19.7. The fraction of sp³-hybridized carbons (Fsp3) is 0.263. The molecule has 1 N–H and O–H groups in total. The van der Waals surface area contributed by atoms with Crippen LogP contribution in [0.3, 0.4) is 0 Å². The second-order valence-corrected chi connectivity index (χ2v) is 7.33. The summed E-state index contributed by atoms with van der Waals surface area (Å²) in [6.07, 6.45) is 3.09. The van der Waals surface area contributed by atoms with Gasteiger partial charge in [0.1, 0.15) is 29.9 Å². The van der Waals surface area contributed by atoms with Gasteiger partial charge in [0, 0.05) is 21.7 Å². The van der Waals surface area contributed by atoms with Crippen molar-refractivity contribution in [3.05, 3.63) is 81.9 Å². The predicted molar refractivity (Wildman–Crippen MR) is 99.6 cm³/mol. The maximum Gasteiger partial charge on any atom is 0.137 e. The predicted octanol–water partition coefficient (Wildman–Crippen LogP) is 4.63. The summed E-state index contributed by atoms with van der Waals surface area (Å²) in [5, 5.41) is 16.4. The van der Waals surface area contributed by atoms with Gasteiger partial charge < -0.3 is 5.11 Å². The van der Waals surface area contributed by atoms with Crippen molar-refractivity contribution in [3.8, 4) is 0 Å². The van der Waals surface area contributed by atoms with Crippen molar-refractivity contribution in [1.29, 1.82) is 0 Å². The van der Waals surface area contributed by atoms with Crippen LogP contribution in [0.4, 0.5) is 8.78 Å². The van der Waals surface area contributed by atoms with Gasteiger partial charge in [0.2, 0.25) is 0 Å². The highest BCUT2D eigenvalue weighted by Crippen LogP contribution is 2.37. The molecule has 2 aromatic carbocycles. The van der Waals surface area contributed by atoms with Crippen LogP contribution in [0.25, 0.3) is 0 Å². The van der Waals surface area contributed by atoms with E-state index in [2.05, 4.69) is 10.1 Å². The Hall–Kier alpha value is -2.02. The molecular formula is C19H17Cl2F2N3O. The van der Waals surface area contributed by atoms with Gasteiger partial charge in [0.05, 0.1) is 6.54 Å². The molecular weight excluding hydrogens is 395 g/mol. The molecule has 0 bridgehead atoms. The zero-order chi connectivity index (χ0) is 19.6. The third-order valence-corrected chi connectivity index (χ3v) is 5.21. The van der Waals surface area contributed by atoms with E-state index in [1.54, 1.807) is 25.1 Å². The van der Waals surface area contributed by atoms with Gasteiger partial charge in [-0.2, -0.15) is 5.10 Å². The molecule has 27 heavy (non-hydrogen) atoms. The number of hydrogen-bond acceptors (Lipinski definition) is 3. The molecule has 0 aliphatic heterocycles. The average molecular weight is 412 g/mol. The van der Waals surface area contributed by atoms with Crippen LogP contribution < -0.4 is 0 Å². The van der Waals surface area contributed by atoms with Crippen molar-refractivity contribution in [1.82, 2.24) is 14.8 Å². The summed E-state index contributed by atoms with van der Waals surface area (Å²) in [5.41, 5.74) is -0.931. The number of hydrogen-bond donors (Lipinski definition) is 1. The molecule has 0 aliphatic carbocycles. The highest BCUT2D eigenvalue weighted by Gasteiger charge is 2.39. The third kappa shape index (κ3) is 4.29. The number of halogens is 4. The lowest BCUT2D eigenvalue weighted by Gasteiger charge is -2.35. The molecule has 2 atom stereocenters. The molecule has 3 aromatic rings. The van der Waals surface area contributed by atoms with E-state index in [0.717, 1.165) is 17.7 Å². The van der Waals surface area contributed by atoms with Crippen molar-refractivity contribution in [2.45, 2.75) is 25.5 Å². The zero-order valence-electron chi connectivity index (χ0n) is 14.4. The second-order valence-electron chi connectivity index (χ2n) is 6.48. The lowest BCUT2D eigenvalue weighted by Crippen LogP contribution is -2.40. The van der Waals surface area contributed by atoms with Crippen LogP contribution in [0, 0.1) is 17.6 Å². The molecule has 1 aromatic heterocycles. The minimum Gasteiger partial charge on any atom is -0.383 e. The van der Waals surface area contributed by atoms with E-state index in [9.17, 15) is 13.9 Å². The molecule has 0 radical (unpaired) electrons. The molecule has 0 fully saturated rings. The highest BCUT2D eigenvalue weighted by atomic mass is 35.5. The van der Waals surface area contributed by atoms with Crippen molar-refractivity contribution in [2.75, 3.05) is 0 Å². The standard InChI is InChI=1S/C19H17Cl2F2N3O/c1-12(6-13-2-3-14(20)7-17(13)21)19(27,9-26-11-24-10-25-26)16-5-4-15(22)8-18(16)23/h2-5,7-8,10-12,27H,6,9H2,1H3/t12-,19+/m0/s1. The van der Waals surface area contributed by atoms with E-state index in [-0.39, 0.29) is 12.1 Å². The Morgan fingerprint density at radius 3 is 2.59 bits per heavy atom. The fourth-order valence-electron chi connectivity index (χ4n) is 3.09. The molecule has 3 rings (SSSR count). The van der Waals surface area contributed by atoms with Crippen LogP contribution in [0.5, 0.6) is 0 Å². The van der Waals surface area contributed by atoms with Crippen molar-refractivity contribution >= 4 is 23.2 Å². The number of aromatic nitrogens is 3. The Labute approximate surface area is 165 Å². The van der Waals surface area contributed by atoms with Crippen LogP contribution in [-0.4, -0.2) is 19.9 Å². The smallest absolute Gasteiger partial charge is 0.137 e. The van der Waals surface area contributed by atoms with Crippen LogP contribution >= 0.6 is 23.2 Å². The molecule has 1 heterocycles. The van der Waals surface area contributed by atoms with Crippen LogP contribution in [0.2, 0.25) is 10.0 Å². The topological polar surface area (TPSA) is 50.9 Å². The van der Waals surface area contributed by atoms with E-state index >= 15 is 0 Å². The number of nitrogens with zero attached hydrogens (tertiary/aromatic N) is 3. The lowest BCUT2D eigenvalue weighted by atomic mass is 9.78. The lowest BCUT2D eigenvalue weighted by molar-refractivity contribution is -0.0389. The summed E-state index contributed by atoms with van der Waals surface area (Å²) >= 11 is 12.2. The van der Waals surface area contributed by atoms with Crippen molar-refractivity contribution in [3.63, 3.8) is 0 Å². The minimum atomic E-state index is -1.67. The van der Waals surface area contributed by atoms with Gasteiger partial charge in [-0.05, 0) is 36.1 Å². The fourth-order valence-corrected chi connectivity index (χ4v) is 3.58. The molecule has 142 valence electrons. The van der Waals surface area contributed by atoms with E-state index in [0.29, 0.717) is 16.5 Å². The number of benzene rings is 2. The van der Waals surface area contributed by atoms with Gasteiger partial charge in [-0.3, -0.25) is 0 Å². The number of rotatable bonds is 6. The maximum absolute atomic E-state index is 14.5. The molecule has 0 saturated carbocycles. The van der Waals surface area contributed by atoms with Gasteiger partial charge in [-0.25, -0.2) is 18.4 Å². The third-order valence-electron chi connectivity index (χ3n) is 4.62. The summed E-state index contributed by atoms with van der Waals surface area (Å²) in [6, 6.07) is 8.19. The molecule has 0 spiro atoms. The molecule has 0 amide bonds. The Morgan fingerprint density at radius 1 is 1.19 bits per heavy atom. The summed E-state index contributed by atoms with van der Waals surface area (Å²) in [6.45, 7) is 1.71. The monoisotopic (exact) mass is 411 g/mol. The average Bonchev–Trinajstić information content (AvgIpc) is 3.09. The summed E-state index contributed by atoms with van der Waals surface area (Å²) in [7, 11) is 0. The van der Waals surface area contributed by atoms with Gasteiger partial charge in [-0.15, -0.1) is 0 Å². The largest absolute Gasteiger partial charge is 0.383 e. The van der Waals surface area contributed by atoms with E-state index in [1.807, 2.05) is 0 Å². The maximum atomic E-state index is 14.5. The van der Waals surface area contributed by atoms with Gasteiger partial charge >= 0.3 is 0 Å². The summed E-state index contributed by atoms with van der Waals surface area (Å²) < 4.78 is 29.3. The summed E-state index contributed by atoms with van der Waals surface area (Å²) in [5.74, 6) is -2.03. The first-order valence-corrected chi connectivity index (χ1v) is 8.99. The quantitative estimate of drug-likeness (QED) is 0.643. The molecule has 8 heteroatoms. The first-order valence-electron chi connectivity index (χ1n) is 8.24.